The molecule has 0 saturated carbocycles. The molecule has 21 heavy (non-hydrogen) atoms. The van der Waals surface area contributed by atoms with Gasteiger partial charge in [-0.05, 0) is 69.2 Å². The maximum Gasteiger partial charge on any atom is 0.141 e. The predicted octanol–water partition coefficient (Wildman–Crippen LogP) is 6.03. The van der Waals surface area contributed by atoms with Gasteiger partial charge in [0.15, 0.2) is 0 Å². The van der Waals surface area contributed by atoms with Crippen LogP contribution in [0.1, 0.15) is 5.56 Å². The van der Waals surface area contributed by atoms with E-state index in [9.17, 15) is 0 Å². The average Bonchev–Trinajstić information content (AvgIpc) is 2.49. The minimum absolute atomic E-state index is 0.595. The molecule has 0 aliphatic heterocycles. The zero-order valence-corrected chi connectivity index (χ0v) is 14.0. The third-order valence-corrected chi connectivity index (χ3v) is 4.18. The molecule has 2 nitrogen and oxygen atoms in total. The lowest BCUT2D eigenvalue weighted by atomic mass is 10.1. The molecule has 0 atom stereocenters. The summed E-state index contributed by atoms with van der Waals surface area (Å²) in [5, 5.41) is 11.1. The molecule has 3 aromatic rings. The van der Waals surface area contributed by atoms with Crippen molar-refractivity contribution in [2.24, 2.45) is 0 Å². The Hall–Kier alpha value is -1.83. The summed E-state index contributed by atoms with van der Waals surface area (Å²) in [4.78, 5) is 0. The largest absolute Gasteiger partial charge is 0.456 e. The molecule has 0 aliphatic carbocycles. The van der Waals surface area contributed by atoms with Crippen molar-refractivity contribution in [2.75, 3.05) is 0 Å². The molecule has 0 N–H and O–H groups in total. The summed E-state index contributed by atoms with van der Waals surface area (Å²) < 4.78 is 7.69. The van der Waals surface area contributed by atoms with E-state index in [-0.39, 0.29) is 0 Å². The first-order chi connectivity index (χ1) is 10.2. The lowest BCUT2D eigenvalue weighted by Crippen LogP contribution is -1.87. The minimum Gasteiger partial charge on any atom is -0.456 e. The van der Waals surface area contributed by atoms with Crippen molar-refractivity contribution in [1.29, 1.82) is 5.26 Å². The van der Waals surface area contributed by atoms with E-state index < -0.39 is 0 Å². The molecule has 0 fully saturated rings. The topological polar surface area (TPSA) is 33.0 Å². The minimum atomic E-state index is 0.595. The van der Waals surface area contributed by atoms with Crippen molar-refractivity contribution in [3.05, 3.63) is 69.1 Å². The molecule has 102 valence electrons. The van der Waals surface area contributed by atoms with Gasteiger partial charge in [0.05, 0.1) is 16.1 Å². The molecule has 4 heteroatoms. The van der Waals surface area contributed by atoms with Crippen LogP contribution in [0.4, 0.5) is 0 Å². The normalized spacial score (nSPS) is 10.3. The van der Waals surface area contributed by atoms with Gasteiger partial charge in [-0.25, -0.2) is 0 Å². The van der Waals surface area contributed by atoms with Crippen molar-refractivity contribution in [3.63, 3.8) is 0 Å². The molecule has 0 spiro atoms. The lowest BCUT2D eigenvalue weighted by Gasteiger charge is -2.09. The molecule has 0 heterocycles. The van der Waals surface area contributed by atoms with Crippen molar-refractivity contribution in [2.45, 2.75) is 0 Å². The number of hydrogen-bond donors (Lipinski definition) is 0. The monoisotopic (exact) mass is 401 g/mol. The third kappa shape index (κ3) is 3.10. The summed E-state index contributed by atoms with van der Waals surface area (Å²) in [5.41, 5.74) is 0.595. The Bertz CT molecular complexity index is 868. The first-order valence-electron chi connectivity index (χ1n) is 6.22. The van der Waals surface area contributed by atoms with Crippen LogP contribution < -0.4 is 4.74 Å². The molecule has 3 aromatic carbocycles. The smallest absolute Gasteiger partial charge is 0.141 e. The van der Waals surface area contributed by atoms with Gasteiger partial charge in [-0.3, -0.25) is 0 Å². The Morgan fingerprint density at radius 3 is 2.38 bits per heavy atom. The van der Waals surface area contributed by atoms with Gasteiger partial charge in [0.2, 0.25) is 0 Å². The van der Waals surface area contributed by atoms with Crippen LogP contribution in [0.3, 0.4) is 0 Å². The van der Waals surface area contributed by atoms with Gasteiger partial charge >= 0.3 is 0 Å². The van der Waals surface area contributed by atoms with Crippen LogP contribution in [-0.2, 0) is 0 Å². The number of benzene rings is 3. The van der Waals surface area contributed by atoms with Crippen LogP contribution in [0.15, 0.2) is 63.5 Å². The molecule has 3 rings (SSSR count). The average molecular weight is 403 g/mol. The summed E-state index contributed by atoms with van der Waals surface area (Å²) in [6.45, 7) is 0. The summed E-state index contributed by atoms with van der Waals surface area (Å²) in [6.07, 6.45) is 0. The first kappa shape index (κ1) is 14.1. The second-order valence-electron chi connectivity index (χ2n) is 4.51. The highest BCUT2D eigenvalue weighted by Crippen LogP contribution is 2.32. The van der Waals surface area contributed by atoms with Gasteiger partial charge in [-0.15, -0.1) is 0 Å². The van der Waals surface area contributed by atoms with E-state index >= 15 is 0 Å². The Kier molecular flexibility index (Phi) is 3.96. The van der Waals surface area contributed by atoms with E-state index in [1.807, 2.05) is 30.3 Å². The van der Waals surface area contributed by atoms with Gasteiger partial charge in [-0.1, -0.05) is 28.1 Å². The van der Waals surface area contributed by atoms with E-state index in [1.165, 1.54) is 0 Å². The highest BCUT2D eigenvalue weighted by atomic mass is 79.9. The van der Waals surface area contributed by atoms with Gasteiger partial charge in [-0.2, -0.15) is 5.26 Å². The quantitative estimate of drug-likeness (QED) is 0.524. The third-order valence-electron chi connectivity index (χ3n) is 3.06. The molecule has 0 aromatic heterocycles. The van der Waals surface area contributed by atoms with Crippen LogP contribution >= 0.6 is 31.9 Å². The Morgan fingerprint density at radius 1 is 0.857 bits per heavy atom. The van der Waals surface area contributed by atoms with Gasteiger partial charge < -0.3 is 4.74 Å². The fourth-order valence-electron chi connectivity index (χ4n) is 2.04. The molecule has 0 amide bonds. The molecular formula is C17H9Br2NO. The fourth-order valence-corrected chi connectivity index (χ4v) is 2.88. The molecular weight excluding hydrogens is 394 g/mol. The van der Waals surface area contributed by atoms with Crippen molar-refractivity contribution in [1.82, 2.24) is 0 Å². The van der Waals surface area contributed by atoms with Gasteiger partial charge in [0.25, 0.3) is 0 Å². The summed E-state index contributed by atoms with van der Waals surface area (Å²) in [7, 11) is 0. The lowest BCUT2D eigenvalue weighted by molar-refractivity contribution is 0.480. The summed E-state index contributed by atoms with van der Waals surface area (Å²) in [6, 6.07) is 19.4. The maximum atomic E-state index is 8.87. The molecule has 0 radical (unpaired) electrons. The first-order valence-corrected chi connectivity index (χ1v) is 7.81. The Labute approximate surface area is 139 Å². The SMILES string of the molecule is N#Cc1ccc(Oc2ccc3cc(Br)ccc3c2)c(Br)c1. The Balaban J connectivity index is 1.95. The summed E-state index contributed by atoms with van der Waals surface area (Å²) >= 11 is 6.89. The van der Waals surface area contributed by atoms with E-state index in [0.717, 1.165) is 25.5 Å². The number of nitriles is 1. The van der Waals surface area contributed by atoms with Crippen LogP contribution in [0.5, 0.6) is 11.5 Å². The van der Waals surface area contributed by atoms with E-state index in [2.05, 4.69) is 44.0 Å². The van der Waals surface area contributed by atoms with Gasteiger partial charge in [0, 0.05) is 4.47 Å². The number of nitrogens with zero attached hydrogens (tertiary/aromatic N) is 1. The molecule has 0 bridgehead atoms. The highest BCUT2D eigenvalue weighted by Gasteiger charge is 2.05. The number of rotatable bonds is 2. The van der Waals surface area contributed by atoms with Crippen molar-refractivity contribution >= 4 is 42.6 Å². The standard InChI is InChI=1S/C17H9Br2NO/c18-14-4-2-13-9-15(5-3-12(13)8-14)21-17-6-1-11(10-20)7-16(17)19/h1-9H. The molecule has 0 aliphatic rings. The van der Waals surface area contributed by atoms with Crippen LogP contribution in [-0.4, -0.2) is 0 Å². The van der Waals surface area contributed by atoms with E-state index in [0.29, 0.717) is 11.3 Å². The van der Waals surface area contributed by atoms with Crippen LogP contribution in [0, 0.1) is 11.3 Å². The zero-order valence-electron chi connectivity index (χ0n) is 10.8. The van der Waals surface area contributed by atoms with Gasteiger partial charge in [0.1, 0.15) is 11.5 Å². The Morgan fingerprint density at radius 2 is 1.62 bits per heavy atom. The van der Waals surface area contributed by atoms with E-state index in [1.54, 1.807) is 18.2 Å². The summed E-state index contributed by atoms with van der Waals surface area (Å²) in [5.74, 6) is 1.45. The number of fused-ring (bicyclic) bond motifs is 1. The van der Waals surface area contributed by atoms with Crippen molar-refractivity contribution in [3.8, 4) is 17.6 Å². The van der Waals surface area contributed by atoms with E-state index in [4.69, 9.17) is 10.00 Å². The number of halogens is 2. The molecule has 0 saturated heterocycles. The van der Waals surface area contributed by atoms with Crippen LogP contribution in [0.25, 0.3) is 10.8 Å². The molecule has 0 unspecified atom stereocenters. The second kappa shape index (κ2) is 5.88. The van der Waals surface area contributed by atoms with Crippen molar-refractivity contribution < 1.29 is 4.74 Å². The highest BCUT2D eigenvalue weighted by molar-refractivity contribution is 9.10. The zero-order chi connectivity index (χ0) is 14.8. The number of hydrogen-bond acceptors (Lipinski definition) is 2. The number of ether oxygens (including phenoxy) is 1. The fraction of sp³-hybridized carbons (Fsp3) is 0. The second-order valence-corrected chi connectivity index (χ2v) is 6.28. The van der Waals surface area contributed by atoms with Crippen LogP contribution in [0.2, 0.25) is 0 Å². The maximum absolute atomic E-state index is 8.87. The predicted molar refractivity (Wildman–Crippen MR) is 90.6 cm³/mol.